The minimum Gasteiger partial charge on any atom is -0.441 e. The summed E-state index contributed by atoms with van der Waals surface area (Å²) in [5.74, 6) is 0.652. The zero-order chi connectivity index (χ0) is 23.3. The van der Waals surface area contributed by atoms with Crippen molar-refractivity contribution in [2.24, 2.45) is 0 Å². The average Bonchev–Trinajstić information content (AvgIpc) is 3.24. The lowest BCUT2D eigenvalue weighted by molar-refractivity contribution is -0.116. The van der Waals surface area contributed by atoms with E-state index < -0.39 is 10.0 Å². The Balaban J connectivity index is 1.66. The number of carbonyl (C=O) groups is 1. The van der Waals surface area contributed by atoms with Crippen LogP contribution in [0, 0.1) is 0 Å². The fraction of sp³-hybridized carbons (Fsp3) is 0.273. The number of carbonyl (C=O) groups excluding carboxylic acids is 1. The molecule has 0 saturated heterocycles. The van der Waals surface area contributed by atoms with Crippen molar-refractivity contribution in [3.63, 3.8) is 0 Å². The fourth-order valence-electron chi connectivity index (χ4n) is 3.08. The van der Waals surface area contributed by atoms with Crippen LogP contribution in [0.2, 0.25) is 10.0 Å². The molecule has 1 N–H and O–H groups in total. The summed E-state index contributed by atoms with van der Waals surface area (Å²) >= 11 is 12.1. The van der Waals surface area contributed by atoms with Gasteiger partial charge in [-0.25, -0.2) is 13.4 Å². The minimum absolute atomic E-state index is 0.0706. The Hall–Kier alpha value is -2.39. The first kappa shape index (κ1) is 24.3. The number of amides is 1. The molecule has 0 aliphatic rings. The van der Waals surface area contributed by atoms with Crippen LogP contribution in [0.15, 0.2) is 58.0 Å². The van der Waals surface area contributed by atoms with E-state index in [4.69, 9.17) is 27.6 Å². The Morgan fingerprint density at radius 2 is 1.78 bits per heavy atom. The van der Waals surface area contributed by atoms with Gasteiger partial charge in [0.1, 0.15) is 0 Å². The highest BCUT2D eigenvalue weighted by Gasteiger charge is 2.23. The van der Waals surface area contributed by atoms with E-state index in [9.17, 15) is 13.2 Å². The van der Waals surface area contributed by atoms with Gasteiger partial charge in [0.25, 0.3) is 0 Å². The normalized spacial score (nSPS) is 11.7. The molecule has 0 spiro atoms. The lowest BCUT2D eigenvalue weighted by atomic mass is 10.2. The van der Waals surface area contributed by atoms with E-state index in [1.165, 1.54) is 22.5 Å². The van der Waals surface area contributed by atoms with Gasteiger partial charge >= 0.3 is 0 Å². The Kier molecular flexibility index (Phi) is 7.95. The second kappa shape index (κ2) is 10.5. The maximum Gasteiger partial charge on any atom is 0.243 e. The molecule has 0 saturated carbocycles. The van der Waals surface area contributed by atoms with E-state index in [1.54, 1.807) is 32.2 Å². The largest absolute Gasteiger partial charge is 0.441 e. The summed E-state index contributed by atoms with van der Waals surface area (Å²) in [6, 6.07) is 11.4. The summed E-state index contributed by atoms with van der Waals surface area (Å²) in [5.41, 5.74) is 1.06. The van der Waals surface area contributed by atoms with Crippen molar-refractivity contribution < 1.29 is 17.6 Å². The number of hydrogen-bond donors (Lipinski definition) is 1. The number of aryl methyl sites for hydroxylation is 1. The third kappa shape index (κ3) is 5.69. The van der Waals surface area contributed by atoms with Crippen LogP contribution in [-0.4, -0.2) is 36.7 Å². The van der Waals surface area contributed by atoms with E-state index in [-0.39, 0.29) is 34.4 Å². The van der Waals surface area contributed by atoms with Crippen LogP contribution in [0.25, 0.3) is 11.3 Å². The number of aromatic nitrogens is 1. The van der Waals surface area contributed by atoms with Crippen molar-refractivity contribution >= 4 is 44.8 Å². The summed E-state index contributed by atoms with van der Waals surface area (Å²) in [4.78, 5) is 16.7. The SMILES string of the molecule is CCN(CC)S(=O)(=O)c1ccc(Cl)c(NC(=O)CCc2ncc(-c3ccc(Cl)cc3)o2)c1. The first-order valence-corrected chi connectivity index (χ1v) is 12.2. The highest BCUT2D eigenvalue weighted by molar-refractivity contribution is 7.89. The molecular weight excluding hydrogens is 473 g/mol. The average molecular weight is 496 g/mol. The lowest BCUT2D eigenvalue weighted by Gasteiger charge is -2.19. The van der Waals surface area contributed by atoms with Crippen LogP contribution < -0.4 is 5.32 Å². The van der Waals surface area contributed by atoms with Gasteiger partial charge in [-0.1, -0.05) is 37.0 Å². The fourth-order valence-corrected chi connectivity index (χ4v) is 4.86. The van der Waals surface area contributed by atoms with E-state index in [1.807, 2.05) is 12.1 Å². The second-order valence-electron chi connectivity index (χ2n) is 6.90. The number of hydrogen-bond acceptors (Lipinski definition) is 5. The molecule has 10 heteroatoms. The maximum atomic E-state index is 12.7. The molecule has 0 fully saturated rings. The van der Waals surface area contributed by atoms with Gasteiger partial charge in [0, 0.05) is 36.5 Å². The van der Waals surface area contributed by atoms with Gasteiger partial charge in [-0.05, 0) is 42.5 Å². The van der Waals surface area contributed by atoms with Crippen LogP contribution in [0.4, 0.5) is 5.69 Å². The first-order valence-electron chi connectivity index (χ1n) is 10.0. The number of nitrogens with zero attached hydrogens (tertiary/aromatic N) is 2. The molecule has 0 bridgehead atoms. The summed E-state index contributed by atoms with van der Waals surface area (Å²) in [5, 5.41) is 3.55. The van der Waals surface area contributed by atoms with Crippen LogP contribution >= 0.6 is 23.2 Å². The van der Waals surface area contributed by atoms with Crippen LogP contribution in [0.5, 0.6) is 0 Å². The Labute approximate surface area is 197 Å². The molecule has 3 rings (SSSR count). The predicted molar refractivity (Wildman–Crippen MR) is 125 cm³/mol. The molecule has 0 radical (unpaired) electrons. The summed E-state index contributed by atoms with van der Waals surface area (Å²) < 4.78 is 32.5. The number of oxazole rings is 1. The van der Waals surface area contributed by atoms with Gasteiger partial charge in [0.15, 0.2) is 11.7 Å². The van der Waals surface area contributed by atoms with Gasteiger partial charge in [-0.2, -0.15) is 4.31 Å². The number of halogens is 2. The monoisotopic (exact) mass is 495 g/mol. The standard InChI is InChI=1S/C22H23Cl2N3O4S/c1-3-27(4-2)32(29,30)17-9-10-18(24)19(13-17)26-21(28)11-12-22-25-14-20(31-22)15-5-7-16(23)8-6-15/h5-10,13-14H,3-4,11-12H2,1-2H3,(H,26,28). The van der Waals surface area contributed by atoms with E-state index in [2.05, 4.69) is 10.3 Å². The molecular formula is C22H23Cl2N3O4S. The number of sulfonamides is 1. The summed E-state index contributed by atoms with van der Waals surface area (Å²) in [7, 11) is -3.67. The van der Waals surface area contributed by atoms with E-state index >= 15 is 0 Å². The van der Waals surface area contributed by atoms with Crippen LogP contribution in [0.3, 0.4) is 0 Å². The number of anilines is 1. The van der Waals surface area contributed by atoms with Crippen molar-refractivity contribution in [2.45, 2.75) is 31.6 Å². The zero-order valence-corrected chi connectivity index (χ0v) is 20.0. The molecule has 1 heterocycles. The molecule has 32 heavy (non-hydrogen) atoms. The predicted octanol–water partition coefficient (Wildman–Crippen LogP) is 5.25. The quantitative estimate of drug-likeness (QED) is 0.437. The number of rotatable bonds is 9. The molecule has 7 nitrogen and oxygen atoms in total. The summed E-state index contributed by atoms with van der Waals surface area (Å²) in [6.45, 7) is 4.22. The van der Waals surface area contributed by atoms with Crippen molar-refractivity contribution in [3.05, 3.63) is 64.6 Å². The van der Waals surface area contributed by atoms with Crippen molar-refractivity contribution in [3.8, 4) is 11.3 Å². The first-order chi connectivity index (χ1) is 15.2. The Bertz CT molecular complexity index is 1190. The molecule has 0 aliphatic heterocycles. The molecule has 2 aromatic carbocycles. The van der Waals surface area contributed by atoms with Gasteiger partial charge in [-0.15, -0.1) is 0 Å². The molecule has 3 aromatic rings. The van der Waals surface area contributed by atoms with Gasteiger partial charge < -0.3 is 9.73 Å². The molecule has 170 valence electrons. The smallest absolute Gasteiger partial charge is 0.243 e. The maximum absolute atomic E-state index is 12.7. The van der Waals surface area contributed by atoms with Gasteiger partial charge in [-0.3, -0.25) is 4.79 Å². The zero-order valence-electron chi connectivity index (χ0n) is 17.6. The molecule has 1 aromatic heterocycles. The molecule has 0 unspecified atom stereocenters. The van der Waals surface area contributed by atoms with Crippen LogP contribution in [0.1, 0.15) is 26.2 Å². The topological polar surface area (TPSA) is 92.5 Å². The number of benzene rings is 2. The lowest BCUT2D eigenvalue weighted by Crippen LogP contribution is -2.30. The Morgan fingerprint density at radius 3 is 2.44 bits per heavy atom. The number of nitrogens with one attached hydrogen (secondary N) is 1. The molecule has 1 amide bonds. The Morgan fingerprint density at radius 1 is 1.09 bits per heavy atom. The third-order valence-corrected chi connectivity index (χ3v) is 7.43. The van der Waals surface area contributed by atoms with Crippen molar-refractivity contribution in [1.82, 2.24) is 9.29 Å². The minimum atomic E-state index is -3.67. The van der Waals surface area contributed by atoms with E-state index in [0.717, 1.165) is 5.56 Å². The highest BCUT2D eigenvalue weighted by Crippen LogP contribution is 2.27. The molecule has 0 aliphatic carbocycles. The van der Waals surface area contributed by atoms with Gasteiger partial charge in [0.05, 0.1) is 21.8 Å². The van der Waals surface area contributed by atoms with Crippen molar-refractivity contribution in [1.29, 1.82) is 0 Å². The van der Waals surface area contributed by atoms with E-state index in [0.29, 0.717) is 29.8 Å². The van der Waals surface area contributed by atoms with Crippen LogP contribution in [-0.2, 0) is 21.2 Å². The molecule has 0 atom stereocenters. The summed E-state index contributed by atoms with van der Waals surface area (Å²) in [6.07, 6.45) is 1.95. The van der Waals surface area contributed by atoms with Crippen molar-refractivity contribution in [2.75, 3.05) is 18.4 Å². The second-order valence-corrected chi connectivity index (χ2v) is 9.69. The van der Waals surface area contributed by atoms with Gasteiger partial charge in [0.2, 0.25) is 15.9 Å². The third-order valence-electron chi connectivity index (χ3n) is 4.80. The highest BCUT2D eigenvalue weighted by atomic mass is 35.5.